The van der Waals surface area contributed by atoms with Crippen molar-refractivity contribution in [2.75, 3.05) is 11.9 Å². The molecule has 0 spiro atoms. The van der Waals surface area contributed by atoms with Gasteiger partial charge in [-0.1, -0.05) is 0 Å². The summed E-state index contributed by atoms with van der Waals surface area (Å²) in [7, 11) is 0. The highest BCUT2D eigenvalue weighted by Gasteiger charge is 2.24. The van der Waals surface area contributed by atoms with Gasteiger partial charge in [0.25, 0.3) is 5.91 Å². The minimum atomic E-state index is -0.656. The molecule has 0 saturated carbocycles. The van der Waals surface area contributed by atoms with E-state index in [1.54, 1.807) is 13.8 Å². The maximum absolute atomic E-state index is 14.0. The molecule has 1 aliphatic rings. The van der Waals surface area contributed by atoms with Crippen LogP contribution < -0.4 is 16.4 Å². The summed E-state index contributed by atoms with van der Waals surface area (Å²) in [4.78, 5) is 23.4. The quantitative estimate of drug-likeness (QED) is 0.792. The van der Waals surface area contributed by atoms with Crippen molar-refractivity contribution in [3.63, 3.8) is 0 Å². The van der Waals surface area contributed by atoms with Gasteiger partial charge in [0.05, 0.1) is 5.56 Å². The average molecular weight is 316 g/mol. The van der Waals surface area contributed by atoms with E-state index < -0.39 is 17.3 Å². The normalized spacial score (nSPS) is 13.8. The second kappa shape index (κ2) is 6.41. The van der Waals surface area contributed by atoms with Gasteiger partial charge in [-0.15, -0.1) is 12.4 Å². The van der Waals surface area contributed by atoms with Crippen LogP contribution in [0.5, 0.6) is 0 Å². The summed E-state index contributed by atoms with van der Waals surface area (Å²) in [6, 6.07) is 2.68. The van der Waals surface area contributed by atoms with Crippen LogP contribution in [0.4, 0.5) is 10.1 Å². The number of fused-ring (bicyclic) bond motifs is 1. The molecule has 0 atom stereocenters. The number of nitrogens with two attached hydrogens (primary N) is 1. The Morgan fingerprint density at radius 3 is 2.71 bits per heavy atom. The van der Waals surface area contributed by atoms with E-state index in [9.17, 15) is 14.0 Å². The van der Waals surface area contributed by atoms with Crippen molar-refractivity contribution >= 4 is 29.9 Å². The monoisotopic (exact) mass is 315 g/mol. The van der Waals surface area contributed by atoms with E-state index in [1.165, 1.54) is 12.1 Å². The van der Waals surface area contributed by atoms with Crippen molar-refractivity contribution < 1.29 is 14.0 Å². The predicted octanol–water partition coefficient (Wildman–Crippen LogP) is 1.60. The number of carbonyl (C=O) groups is 2. The van der Waals surface area contributed by atoms with E-state index in [2.05, 4.69) is 10.6 Å². The fourth-order valence-corrected chi connectivity index (χ4v) is 2.00. The van der Waals surface area contributed by atoms with Crippen molar-refractivity contribution in [2.24, 2.45) is 5.73 Å². The number of aryl methyl sites for hydroxylation is 1. The van der Waals surface area contributed by atoms with Gasteiger partial charge >= 0.3 is 0 Å². The van der Waals surface area contributed by atoms with Crippen LogP contribution in [-0.2, 0) is 11.2 Å². The molecule has 0 aromatic heterocycles. The summed E-state index contributed by atoms with van der Waals surface area (Å²) in [6.45, 7) is 3.78. The first-order chi connectivity index (χ1) is 9.32. The zero-order valence-corrected chi connectivity index (χ0v) is 12.8. The molecule has 21 heavy (non-hydrogen) atoms. The lowest BCUT2D eigenvalue weighted by molar-refractivity contribution is -0.116. The Morgan fingerprint density at radius 1 is 1.43 bits per heavy atom. The minimum absolute atomic E-state index is 0. The molecule has 1 aromatic rings. The second-order valence-corrected chi connectivity index (χ2v) is 5.58. The van der Waals surface area contributed by atoms with Gasteiger partial charge in [-0.2, -0.15) is 0 Å². The summed E-state index contributed by atoms with van der Waals surface area (Å²) in [5.74, 6) is -1.30. The number of hydrogen-bond donors (Lipinski definition) is 3. The zero-order chi connectivity index (χ0) is 14.9. The van der Waals surface area contributed by atoms with E-state index in [0.29, 0.717) is 18.5 Å². The fraction of sp³-hybridized carbons (Fsp3) is 0.429. The van der Waals surface area contributed by atoms with E-state index in [4.69, 9.17) is 5.73 Å². The van der Waals surface area contributed by atoms with Gasteiger partial charge in [-0.05, 0) is 38.0 Å². The first-order valence-corrected chi connectivity index (χ1v) is 6.47. The minimum Gasteiger partial charge on any atom is -0.346 e. The van der Waals surface area contributed by atoms with Crippen LogP contribution in [0, 0.1) is 5.82 Å². The van der Waals surface area contributed by atoms with Crippen molar-refractivity contribution in [3.05, 3.63) is 29.1 Å². The first kappa shape index (κ1) is 17.4. The number of rotatable bonds is 3. The van der Waals surface area contributed by atoms with Crippen LogP contribution in [0.2, 0.25) is 0 Å². The predicted molar refractivity (Wildman–Crippen MR) is 81.2 cm³/mol. The lowest BCUT2D eigenvalue weighted by atomic mass is 9.98. The third-order valence-corrected chi connectivity index (χ3v) is 3.30. The Hall–Kier alpha value is -1.66. The molecule has 0 bridgehead atoms. The Balaban J connectivity index is 0.00000220. The molecule has 116 valence electrons. The van der Waals surface area contributed by atoms with Crippen LogP contribution in [-0.4, -0.2) is 23.9 Å². The van der Waals surface area contributed by atoms with Gasteiger partial charge in [0.2, 0.25) is 5.91 Å². The van der Waals surface area contributed by atoms with E-state index in [1.807, 2.05) is 0 Å². The number of nitrogens with one attached hydrogen (secondary N) is 2. The lowest BCUT2D eigenvalue weighted by Gasteiger charge is -2.25. The number of hydrogen-bond acceptors (Lipinski definition) is 3. The Kier molecular flexibility index (Phi) is 5.31. The van der Waals surface area contributed by atoms with E-state index in [0.717, 1.165) is 5.56 Å². The lowest BCUT2D eigenvalue weighted by Crippen LogP contribution is -2.49. The number of amides is 2. The molecule has 1 aromatic carbocycles. The third kappa shape index (κ3) is 3.92. The van der Waals surface area contributed by atoms with Gasteiger partial charge in [-0.3, -0.25) is 9.59 Å². The van der Waals surface area contributed by atoms with Crippen LogP contribution in [0.25, 0.3) is 0 Å². The van der Waals surface area contributed by atoms with Crippen molar-refractivity contribution in [2.45, 2.75) is 32.2 Å². The van der Waals surface area contributed by atoms with Crippen molar-refractivity contribution in [1.29, 1.82) is 0 Å². The highest BCUT2D eigenvalue weighted by molar-refractivity contribution is 5.98. The zero-order valence-electron chi connectivity index (χ0n) is 12.0. The van der Waals surface area contributed by atoms with Gasteiger partial charge in [0, 0.05) is 24.2 Å². The summed E-state index contributed by atoms with van der Waals surface area (Å²) in [5.41, 5.74) is 6.11. The van der Waals surface area contributed by atoms with Gasteiger partial charge in [0.15, 0.2) is 0 Å². The Bertz CT molecular complexity index is 576. The molecule has 0 unspecified atom stereocenters. The highest BCUT2D eigenvalue weighted by atomic mass is 35.5. The average Bonchev–Trinajstić information content (AvgIpc) is 2.37. The molecular weight excluding hydrogens is 297 g/mol. The molecule has 0 fully saturated rings. The van der Waals surface area contributed by atoms with Gasteiger partial charge in [-0.25, -0.2) is 4.39 Å². The van der Waals surface area contributed by atoms with Gasteiger partial charge < -0.3 is 16.4 Å². The molecule has 1 aliphatic heterocycles. The van der Waals surface area contributed by atoms with Crippen molar-refractivity contribution in [1.82, 2.24) is 5.32 Å². The number of halogens is 2. The molecule has 0 radical (unpaired) electrons. The Labute approximate surface area is 128 Å². The van der Waals surface area contributed by atoms with Crippen molar-refractivity contribution in [3.8, 4) is 0 Å². The van der Waals surface area contributed by atoms with E-state index in [-0.39, 0.29) is 30.4 Å². The maximum atomic E-state index is 14.0. The number of benzene rings is 1. The summed E-state index contributed by atoms with van der Waals surface area (Å²) < 4.78 is 14.0. The summed E-state index contributed by atoms with van der Waals surface area (Å²) in [5, 5.41) is 5.28. The topological polar surface area (TPSA) is 84.2 Å². The molecule has 5 nitrogen and oxygen atoms in total. The van der Waals surface area contributed by atoms with Crippen LogP contribution in [0.15, 0.2) is 12.1 Å². The van der Waals surface area contributed by atoms with E-state index >= 15 is 0 Å². The molecule has 0 aliphatic carbocycles. The second-order valence-electron chi connectivity index (χ2n) is 5.58. The Morgan fingerprint density at radius 2 is 2.10 bits per heavy atom. The SMILES string of the molecule is CC(C)(CN)NC(=O)c1cc2c(cc1F)NC(=O)CC2.Cl. The molecule has 1 heterocycles. The molecule has 2 amide bonds. The summed E-state index contributed by atoms with van der Waals surface area (Å²) >= 11 is 0. The number of anilines is 1. The molecule has 0 saturated heterocycles. The molecule has 4 N–H and O–H groups in total. The highest BCUT2D eigenvalue weighted by Crippen LogP contribution is 2.26. The standard InChI is InChI=1S/C14H18FN3O2.ClH/c1-14(2,7-16)18-13(20)9-5-8-3-4-12(19)17-11(8)6-10(9)15;/h5-6H,3-4,7,16H2,1-2H3,(H,17,19)(H,18,20);1H. The molecule has 2 rings (SSSR count). The van der Waals surface area contributed by atoms with Crippen LogP contribution in [0.3, 0.4) is 0 Å². The fourth-order valence-electron chi connectivity index (χ4n) is 2.00. The summed E-state index contributed by atoms with van der Waals surface area (Å²) in [6.07, 6.45) is 0.843. The molecule has 7 heteroatoms. The van der Waals surface area contributed by atoms with Crippen LogP contribution in [0.1, 0.15) is 36.2 Å². The smallest absolute Gasteiger partial charge is 0.254 e. The number of carbonyl (C=O) groups excluding carboxylic acids is 2. The first-order valence-electron chi connectivity index (χ1n) is 6.47. The van der Waals surface area contributed by atoms with Gasteiger partial charge in [0.1, 0.15) is 5.82 Å². The maximum Gasteiger partial charge on any atom is 0.254 e. The van der Waals surface area contributed by atoms with Crippen LogP contribution >= 0.6 is 12.4 Å². The largest absolute Gasteiger partial charge is 0.346 e. The third-order valence-electron chi connectivity index (χ3n) is 3.30. The molecular formula is C14H19ClFN3O2.